The Balaban J connectivity index is 2.05. The van der Waals surface area contributed by atoms with Crippen LogP contribution in [0.2, 0.25) is 5.28 Å². The maximum atomic E-state index is 5.91. The van der Waals surface area contributed by atoms with Gasteiger partial charge in [-0.05, 0) is 43.9 Å². The van der Waals surface area contributed by atoms with Gasteiger partial charge in [-0.25, -0.2) is 9.97 Å². The molecular weight excluding hydrogens is 268 g/mol. The lowest BCUT2D eigenvalue weighted by molar-refractivity contribution is 0.284. The van der Waals surface area contributed by atoms with Gasteiger partial charge in [-0.2, -0.15) is 0 Å². The minimum atomic E-state index is 0.296. The summed E-state index contributed by atoms with van der Waals surface area (Å²) in [5.74, 6) is 0.823. The monoisotopic (exact) mass is 284 g/mol. The summed E-state index contributed by atoms with van der Waals surface area (Å²) in [4.78, 5) is 11.6. The summed E-state index contributed by atoms with van der Waals surface area (Å²) >= 11 is 7.48. The van der Waals surface area contributed by atoms with E-state index in [9.17, 15) is 0 Å². The smallest absolute Gasteiger partial charge is 0.225 e. The molecule has 0 fully saturated rings. The van der Waals surface area contributed by atoms with E-state index in [2.05, 4.69) is 41.1 Å². The molecule has 0 radical (unpaired) electrons. The fourth-order valence-corrected chi connectivity index (χ4v) is 2.56. The van der Waals surface area contributed by atoms with E-state index >= 15 is 0 Å². The Bertz CT molecular complexity index is 526. The van der Waals surface area contributed by atoms with Gasteiger partial charge in [0.2, 0.25) is 5.28 Å². The van der Waals surface area contributed by atoms with Gasteiger partial charge in [0, 0.05) is 19.1 Å². The van der Waals surface area contributed by atoms with E-state index in [-0.39, 0.29) is 0 Å². The van der Waals surface area contributed by atoms with E-state index < -0.39 is 0 Å². The Morgan fingerprint density at radius 3 is 2.94 bits per heavy atom. The third-order valence-electron chi connectivity index (χ3n) is 2.94. The molecule has 0 spiro atoms. The Morgan fingerprint density at radius 1 is 1.44 bits per heavy atom. The van der Waals surface area contributed by atoms with Gasteiger partial charge in [0.15, 0.2) is 0 Å². The van der Waals surface area contributed by atoms with E-state index in [1.54, 1.807) is 11.3 Å². The number of aromatic nitrogens is 2. The first-order valence-electron chi connectivity index (χ1n) is 5.93. The van der Waals surface area contributed by atoms with E-state index in [0.717, 1.165) is 29.1 Å². The highest BCUT2D eigenvalue weighted by atomic mass is 35.5. The van der Waals surface area contributed by atoms with Crippen molar-refractivity contribution >= 4 is 39.0 Å². The number of rotatable bonds is 5. The largest absolute Gasteiger partial charge is 0.368 e. The van der Waals surface area contributed by atoms with E-state index in [4.69, 9.17) is 11.6 Å². The second-order valence-electron chi connectivity index (χ2n) is 4.48. The SMILES string of the molecule is CC(C)N(C)CCNc1nc(Cl)nc2sccc12. The first-order valence-corrected chi connectivity index (χ1v) is 7.18. The molecule has 2 rings (SSSR count). The van der Waals surface area contributed by atoms with Gasteiger partial charge in [0.25, 0.3) is 0 Å². The van der Waals surface area contributed by atoms with Crippen LogP contribution in [0.1, 0.15) is 13.8 Å². The fourth-order valence-electron chi connectivity index (χ4n) is 1.57. The van der Waals surface area contributed by atoms with E-state index in [0.29, 0.717) is 11.3 Å². The topological polar surface area (TPSA) is 41.0 Å². The molecule has 2 aromatic rings. The molecule has 6 heteroatoms. The average molecular weight is 285 g/mol. The summed E-state index contributed by atoms with van der Waals surface area (Å²) in [7, 11) is 2.11. The van der Waals surface area contributed by atoms with Crippen LogP contribution in [0.25, 0.3) is 10.2 Å². The van der Waals surface area contributed by atoms with Gasteiger partial charge >= 0.3 is 0 Å². The van der Waals surface area contributed by atoms with Crippen molar-refractivity contribution in [2.24, 2.45) is 0 Å². The molecule has 0 aliphatic heterocycles. The number of hydrogen-bond acceptors (Lipinski definition) is 5. The zero-order chi connectivity index (χ0) is 13.1. The Labute approximate surface area is 116 Å². The molecule has 18 heavy (non-hydrogen) atoms. The second-order valence-corrected chi connectivity index (χ2v) is 5.71. The van der Waals surface area contributed by atoms with Crippen LogP contribution in [0.4, 0.5) is 5.82 Å². The molecule has 0 aromatic carbocycles. The summed E-state index contributed by atoms with van der Waals surface area (Å²) < 4.78 is 0. The first kappa shape index (κ1) is 13.5. The van der Waals surface area contributed by atoms with E-state index in [1.807, 2.05) is 11.4 Å². The van der Waals surface area contributed by atoms with Gasteiger partial charge in [-0.15, -0.1) is 11.3 Å². The van der Waals surface area contributed by atoms with Crippen LogP contribution in [0, 0.1) is 0 Å². The summed E-state index contributed by atoms with van der Waals surface area (Å²) in [6.07, 6.45) is 0. The van der Waals surface area contributed by atoms with Crippen LogP contribution in [0.15, 0.2) is 11.4 Å². The van der Waals surface area contributed by atoms with Gasteiger partial charge in [-0.1, -0.05) is 0 Å². The molecule has 2 heterocycles. The van der Waals surface area contributed by atoms with Crippen molar-refractivity contribution < 1.29 is 0 Å². The highest BCUT2D eigenvalue weighted by molar-refractivity contribution is 7.16. The van der Waals surface area contributed by atoms with Gasteiger partial charge < -0.3 is 10.2 Å². The zero-order valence-corrected chi connectivity index (χ0v) is 12.3. The summed E-state index contributed by atoms with van der Waals surface area (Å²) in [6, 6.07) is 2.56. The lowest BCUT2D eigenvalue weighted by atomic mass is 10.3. The number of thiophene rings is 1. The molecule has 0 saturated carbocycles. The predicted molar refractivity (Wildman–Crippen MR) is 78.7 cm³/mol. The predicted octanol–water partition coefficient (Wildman–Crippen LogP) is 3.10. The minimum Gasteiger partial charge on any atom is -0.368 e. The third kappa shape index (κ3) is 3.10. The molecule has 0 amide bonds. The summed E-state index contributed by atoms with van der Waals surface area (Å²) in [5, 5.41) is 6.67. The van der Waals surface area contributed by atoms with Crippen molar-refractivity contribution in [3.05, 3.63) is 16.7 Å². The van der Waals surface area contributed by atoms with Crippen LogP contribution >= 0.6 is 22.9 Å². The standard InChI is InChI=1S/C12H17ClN4S/c1-8(2)17(3)6-5-14-10-9-4-7-18-11(9)16-12(13)15-10/h4,7-8H,5-6H2,1-3H3,(H,14,15,16). The molecule has 0 bridgehead atoms. The molecule has 0 aliphatic carbocycles. The lowest BCUT2D eigenvalue weighted by Gasteiger charge is -2.21. The van der Waals surface area contributed by atoms with Crippen LogP contribution in [-0.2, 0) is 0 Å². The number of fused-ring (bicyclic) bond motifs is 1. The second kappa shape index (κ2) is 5.82. The number of likely N-dealkylation sites (N-methyl/N-ethyl adjacent to an activating group) is 1. The fraction of sp³-hybridized carbons (Fsp3) is 0.500. The normalized spacial score (nSPS) is 11.7. The maximum Gasteiger partial charge on any atom is 0.225 e. The number of anilines is 1. The zero-order valence-electron chi connectivity index (χ0n) is 10.8. The van der Waals surface area contributed by atoms with Gasteiger partial charge in [0.05, 0.1) is 5.39 Å². The summed E-state index contributed by atoms with van der Waals surface area (Å²) in [5.41, 5.74) is 0. The van der Waals surface area contributed by atoms with Crippen molar-refractivity contribution in [1.29, 1.82) is 0 Å². The number of halogens is 1. The van der Waals surface area contributed by atoms with Crippen LogP contribution in [0.5, 0.6) is 0 Å². The molecule has 1 N–H and O–H groups in total. The molecule has 0 saturated heterocycles. The maximum absolute atomic E-state index is 5.91. The Kier molecular flexibility index (Phi) is 4.37. The first-order chi connectivity index (χ1) is 8.58. The van der Waals surface area contributed by atoms with Crippen LogP contribution < -0.4 is 5.32 Å². The van der Waals surface area contributed by atoms with Gasteiger partial charge in [0.1, 0.15) is 10.6 Å². The van der Waals surface area contributed by atoms with Crippen molar-refractivity contribution in [3.8, 4) is 0 Å². The van der Waals surface area contributed by atoms with Gasteiger partial charge in [-0.3, -0.25) is 0 Å². The van der Waals surface area contributed by atoms with E-state index in [1.165, 1.54) is 0 Å². The van der Waals surface area contributed by atoms with Crippen molar-refractivity contribution in [1.82, 2.24) is 14.9 Å². The minimum absolute atomic E-state index is 0.296. The molecule has 2 aromatic heterocycles. The summed E-state index contributed by atoms with van der Waals surface area (Å²) in [6.45, 7) is 6.16. The number of nitrogens with zero attached hydrogens (tertiary/aromatic N) is 3. The van der Waals surface area contributed by atoms with Crippen LogP contribution in [0.3, 0.4) is 0 Å². The van der Waals surface area contributed by atoms with Crippen molar-refractivity contribution in [3.63, 3.8) is 0 Å². The number of nitrogens with one attached hydrogen (secondary N) is 1. The van der Waals surface area contributed by atoms with Crippen molar-refractivity contribution in [2.75, 3.05) is 25.5 Å². The molecule has 0 unspecified atom stereocenters. The molecule has 98 valence electrons. The molecule has 4 nitrogen and oxygen atoms in total. The molecule has 0 atom stereocenters. The molecular formula is C12H17ClN4S. The lowest BCUT2D eigenvalue weighted by Crippen LogP contribution is -2.31. The Hall–Kier alpha value is -0.910. The third-order valence-corrected chi connectivity index (χ3v) is 3.91. The Morgan fingerprint density at radius 2 is 2.22 bits per heavy atom. The average Bonchev–Trinajstić information content (AvgIpc) is 2.76. The highest BCUT2D eigenvalue weighted by Crippen LogP contribution is 2.26. The highest BCUT2D eigenvalue weighted by Gasteiger charge is 2.08. The quantitative estimate of drug-likeness (QED) is 0.857. The molecule has 0 aliphatic rings. The number of hydrogen-bond donors (Lipinski definition) is 1. The van der Waals surface area contributed by atoms with Crippen molar-refractivity contribution in [2.45, 2.75) is 19.9 Å². The van der Waals surface area contributed by atoms with Crippen LogP contribution in [-0.4, -0.2) is 41.0 Å².